The number of hydrogen-bond donors (Lipinski definition) is 2. The van der Waals surface area contributed by atoms with E-state index in [1.165, 1.54) is 16.7 Å². The van der Waals surface area contributed by atoms with Crippen LogP contribution in [0.3, 0.4) is 0 Å². The molecular weight excluding hydrogens is 326 g/mol. The Morgan fingerprint density at radius 2 is 1.81 bits per heavy atom. The van der Waals surface area contributed by atoms with Gasteiger partial charge in [0.1, 0.15) is 0 Å². The quantitative estimate of drug-likeness (QED) is 0.403. The monoisotopic (exact) mass is 361 g/mol. The van der Waals surface area contributed by atoms with Gasteiger partial charge in [-0.2, -0.15) is 0 Å². The Hall–Kier alpha value is -1.59. The lowest BCUT2D eigenvalue weighted by molar-refractivity contribution is 0.0203. The predicted octanol–water partition coefficient (Wildman–Crippen LogP) is 2.84. The van der Waals surface area contributed by atoms with Gasteiger partial charge in [0.05, 0.1) is 0 Å². The van der Waals surface area contributed by atoms with Gasteiger partial charge in [-0.1, -0.05) is 29.3 Å². The maximum Gasteiger partial charge on any atom is 0.190 e. The van der Waals surface area contributed by atoms with E-state index in [4.69, 9.17) is 9.47 Å². The van der Waals surface area contributed by atoms with Gasteiger partial charge in [0.25, 0.3) is 0 Å². The summed E-state index contributed by atoms with van der Waals surface area (Å²) < 4.78 is 11.2. The highest BCUT2D eigenvalue weighted by molar-refractivity contribution is 5.79. The SMILES string of the molecule is CN=C(NCCCOCC1CCOCC1)NCCc1cc(C)cc(C)c1. The van der Waals surface area contributed by atoms with Crippen LogP contribution < -0.4 is 10.6 Å². The zero-order valence-electron chi connectivity index (χ0n) is 16.6. The van der Waals surface area contributed by atoms with Crippen LogP contribution in [0.2, 0.25) is 0 Å². The van der Waals surface area contributed by atoms with Crippen LogP contribution in [0.5, 0.6) is 0 Å². The van der Waals surface area contributed by atoms with Gasteiger partial charge in [-0.25, -0.2) is 0 Å². The maximum atomic E-state index is 5.79. The average Bonchev–Trinajstić information content (AvgIpc) is 2.63. The second-order valence-corrected chi connectivity index (χ2v) is 7.16. The molecule has 1 aromatic carbocycles. The van der Waals surface area contributed by atoms with Gasteiger partial charge in [-0.15, -0.1) is 0 Å². The molecule has 0 aromatic heterocycles. The normalized spacial score (nSPS) is 15.9. The third kappa shape index (κ3) is 8.19. The van der Waals surface area contributed by atoms with Crippen molar-refractivity contribution in [3.8, 4) is 0 Å². The Bertz CT molecular complexity index is 534. The fraction of sp³-hybridized carbons (Fsp3) is 0.667. The van der Waals surface area contributed by atoms with Crippen LogP contribution in [-0.4, -0.2) is 52.5 Å². The summed E-state index contributed by atoms with van der Waals surface area (Å²) in [7, 11) is 1.81. The number of benzene rings is 1. The molecule has 2 rings (SSSR count). The smallest absolute Gasteiger partial charge is 0.190 e. The molecule has 0 aliphatic carbocycles. The molecule has 0 saturated carbocycles. The largest absolute Gasteiger partial charge is 0.381 e. The first kappa shape index (κ1) is 20.7. The Morgan fingerprint density at radius 1 is 1.12 bits per heavy atom. The van der Waals surface area contributed by atoms with Gasteiger partial charge < -0.3 is 20.1 Å². The summed E-state index contributed by atoms with van der Waals surface area (Å²) in [6, 6.07) is 6.71. The first-order valence-electron chi connectivity index (χ1n) is 9.84. The maximum absolute atomic E-state index is 5.79. The fourth-order valence-electron chi connectivity index (χ4n) is 3.30. The van der Waals surface area contributed by atoms with Crippen LogP contribution in [0, 0.1) is 19.8 Å². The molecule has 2 N–H and O–H groups in total. The van der Waals surface area contributed by atoms with Crippen LogP contribution in [0.1, 0.15) is 36.0 Å². The minimum absolute atomic E-state index is 0.677. The Labute approximate surface area is 158 Å². The Balaban J connectivity index is 1.53. The third-order valence-electron chi connectivity index (χ3n) is 4.66. The van der Waals surface area contributed by atoms with Crippen molar-refractivity contribution in [2.45, 2.75) is 39.5 Å². The van der Waals surface area contributed by atoms with Crippen molar-refractivity contribution in [1.29, 1.82) is 0 Å². The van der Waals surface area contributed by atoms with E-state index in [1.807, 2.05) is 7.05 Å². The number of nitrogens with one attached hydrogen (secondary N) is 2. The molecular formula is C21H35N3O2. The first-order chi connectivity index (χ1) is 12.7. The molecule has 5 nitrogen and oxygen atoms in total. The number of rotatable bonds is 9. The molecule has 5 heteroatoms. The molecule has 0 unspecified atom stereocenters. The zero-order valence-corrected chi connectivity index (χ0v) is 16.6. The molecule has 1 heterocycles. The highest BCUT2D eigenvalue weighted by atomic mass is 16.5. The minimum Gasteiger partial charge on any atom is -0.381 e. The van der Waals surface area contributed by atoms with Gasteiger partial charge in [0.15, 0.2) is 5.96 Å². The Kier molecular flexibility index (Phi) is 9.50. The zero-order chi connectivity index (χ0) is 18.6. The topological polar surface area (TPSA) is 54.9 Å². The van der Waals surface area contributed by atoms with Gasteiger partial charge in [-0.3, -0.25) is 4.99 Å². The van der Waals surface area contributed by atoms with E-state index in [2.05, 4.69) is 47.7 Å². The van der Waals surface area contributed by atoms with Crippen molar-refractivity contribution in [1.82, 2.24) is 10.6 Å². The highest BCUT2D eigenvalue weighted by Gasteiger charge is 2.13. The summed E-state index contributed by atoms with van der Waals surface area (Å²) in [5.74, 6) is 1.54. The lowest BCUT2D eigenvalue weighted by Gasteiger charge is -2.21. The number of ether oxygens (including phenoxy) is 2. The number of nitrogens with zero attached hydrogens (tertiary/aromatic N) is 1. The number of aliphatic imine (C=N–C) groups is 1. The van der Waals surface area contributed by atoms with Gasteiger partial charge in [-0.05, 0) is 51.0 Å². The third-order valence-corrected chi connectivity index (χ3v) is 4.66. The molecule has 0 atom stereocenters. The van der Waals surface area contributed by atoms with Crippen molar-refractivity contribution < 1.29 is 9.47 Å². The lowest BCUT2D eigenvalue weighted by Crippen LogP contribution is -2.39. The van der Waals surface area contributed by atoms with Crippen LogP contribution >= 0.6 is 0 Å². The second-order valence-electron chi connectivity index (χ2n) is 7.16. The summed E-state index contributed by atoms with van der Waals surface area (Å²) in [6.45, 7) is 9.48. The molecule has 1 fully saturated rings. The first-order valence-corrected chi connectivity index (χ1v) is 9.84. The highest BCUT2D eigenvalue weighted by Crippen LogP contribution is 2.14. The molecule has 1 saturated heterocycles. The Morgan fingerprint density at radius 3 is 2.50 bits per heavy atom. The second kappa shape index (κ2) is 11.9. The molecule has 1 aromatic rings. The van der Waals surface area contributed by atoms with Crippen LogP contribution in [0.4, 0.5) is 0 Å². The lowest BCUT2D eigenvalue weighted by atomic mass is 10.0. The summed E-state index contributed by atoms with van der Waals surface area (Å²) in [4.78, 5) is 4.29. The van der Waals surface area contributed by atoms with Gasteiger partial charge in [0.2, 0.25) is 0 Å². The molecule has 146 valence electrons. The van der Waals surface area contributed by atoms with E-state index in [0.29, 0.717) is 5.92 Å². The van der Waals surface area contributed by atoms with E-state index in [9.17, 15) is 0 Å². The van der Waals surface area contributed by atoms with E-state index >= 15 is 0 Å². The molecule has 1 aliphatic heterocycles. The predicted molar refractivity (Wildman–Crippen MR) is 108 cm³/mol. The standard InChI is InChI=1S/C21H35N3O2/c1-17-13-18(2)15-20(14-17)5-9-24-21(22-3)23-8-4-10-26-16-19-6-11-25-12-7-19/h13-15,19H,4-12,16H2,1-3H3,(H2,22,23,24). The molecule has 0 bridgehead atoms. The summed E-state index contributed by atoms with van der Waals surface area (Å²) in [6.07, 6.45) is 4.25. The number of hydrogen-bond acceptors (Lipinski definition) is 3. The van der Waals surface area contributed by atoms with E-state index in [1.54, 1.807) is 0 Å². The molecule has 1 aliphatic rings. The summed E-state index contributed by atoms with van der Waals surface area (Å²) >= 11 is 0. The van der Waals surface area contributed by atoms with Crippen molar-refractivity contribution in [3.05, 3.63) is 34.9 Å². The average molecular weight is 362 g/mol. The van der Waals surface area contributed by atoms with Crippen LogP contribution in [-0.2, 0) is 15.9 Å². The molecule has 0 radical (unpaired) electrons. The molecule has 0 spiro atoms. The summed E-state index contributed by atoms with van der Waals surface area (Å²) in [5, 5.41) is 6.74. The van der Waals surface area contributed by atoms with Gasteiger partial charge in [0, 0.05) is 46.6 Å². The van der Waals surface area contributed by atoms with E-state index < -0.39 is 0 Å². The van der Waals surface area contributed by atoms with E-state index in [-0.39, 0.29) is 0 Å². The van der Waals surface area contributed by atoms with Gasteiger partial charge >= 0.3 is 0 Å². The minimum atomic E-state index is 0.677. The van der Waals surface area contributed by atoms with E-state index in [0.717, 1.165) is 71.2 Å². The van der Waals surface area contributed by atoms with Crippen molar-refractivity contribution >= 4 is 5.96 Å². The van der Waals surface area contributed by atoms with Crippen LogP contribution in [0.15, 0.2) is 23.2 Å². The fourth-order valence-corrected chi connectivity index (χ4v) is 3.30. The summed E-state index contributed by atoms with van der Waals surface area (Å²) in [5.41, 5.74) is 4.01. The number of aryl methyl sites for hydroxylation is 2. The van der Waals surface area contributed by atoms with Crippen LogP contribution in [0.25, 0.3) is 0 Å². The molecule has 0 amide bonds. The van der Waals surface area contributed by atoms with Crippen molar-refractivity contribution in [3.63, 3.8) is 0 Å². The number of guanidine groups is 1. The van der Waals surface area contributed by atoms with Crippen molar-refractivity contribution in [2.75, 3.05) is 46.6 Å². The molecule has 26 heavy (non-hydrogen) atoms. The van der Waals surface area contributed by atoms with Crippen molar-refractivity contribution in [2.24, 2.45) is 10.9 Å².